The minimum absolute atomic E-state index is 0.0874. The lowest BCUT2D eigenvalue weighted by Gasteiger charge is -2.15. The molecule has 3 aromatic rings. The highest BCUT2D eigenvalue weighted by Gasteiger charge is 2.35. The molecule has 0 atom stereocenters. The maximum Gasteiger partial charge on any atom is 0.421 e. The number of alkyl halides is 3. The molecular weight excluding hydrogens is 377 g/mol. The van der Waals surface area contributed by atoms with E-state index in [0.29, 0.717) is 17.3 Å². The molecule has 7 heteroatoms. The molecule has 0 aliphatic heterocycles. The van der Waals surface area contributed by atoms with Gasteiger partial charge in [-0.3, -0.25) is 0 Å². The lowest BCUT2D eigenvalue weighted by Crippen LogP contribution is -2.12. The quantitative estimate of drug-likeness (QED) is 0.485. The van der Waals surface area contributed by atoms with Crippen LogP contribution in [0, 0.1) is 0 Å². The molecule has 0 saturated carbocycles. The summed E-state index contributed by atoms with van der Waals surface area (Å²) >= 11 is 0. The van der Waals surface area contributed by atoms with E-state index in [4.69, 9.17) is 0 Å². The van der Waals surface area contributed by atoms with Crippen molar-refractivity contribution >= 4 is 23.1 Å². The van der Waals surface area contributed by atoms with Crippen molar-refractivity contribution in [2.24, 2.45) is 0 Å². The molecular formula is C22H23F3N4. The summed E-state index contributed by atoms with van der Waals surface area (Å²) in [5.41, 5.74) is 2.51. The Bertz CT molecular complexity index is 967. The first-order chi connectivity index (χ1) is 13.8. The Kier molecular flexibility index (Phi) is 6.06. The van der Waals surface area contributed by atoms with Crippen LogP contribution in [0.1, 0.15) is 43.4 Å². The Morgan fingerprint density at radius 1 is 0.966 bits per heavy atom. The average molecular weight is 400 g/mol. The fourth-order valence-electron chi connectivity index (χ4n) is 2.83. The summed E-state index contributed by atoms with van der Waals surface area (Å²) in [5, 5.41) is 5.76. The number of hydrogen-bond donors (Lipinski definition) is 2. The zero-order valence-electron chi connectivity index (χ0n) is 16.5. The van der Waals surface area contributed by atoms with Gasteiger partial charge in [-0.25, -0.2) is 4.98 Å². The van der Waals surface area contributed by atoms with Gasteiger partial charge in [0.25, 0.3) is 0 Å². The largest absolute Gasteiger partial charge is 0.421 e. The van der Waals surface area contributed by atoms with Gasteiger partial charge in [-0.2, -0.15) is 18.2 Å². The predicted octanol–water partition coefficient (Wildman–Crippen LogP) is 6.67. The Hall–Kier alpha value is -3.09. The van der Waals surface area contributed by atoms with Gasteiger partial charge in [0.05, 0.1) is 0 Å². The standard InChI is InChI=1S/C22H23F3N4/c1-4-15-6-5-7-18(12-15)27-20-19(22(23,24)25)13-26-21(29-20)28-17-10-8-16(9-11-17)14(2)3/h5-14H,4H2,1-3H3,(H2,26,27,28,29). The molecule has 1 heterocycles. The minimum atomic E-state index is -4.57. The Labute approximate surface area is 168 Å². The van der Waals surface area contributed by atoms with Crippen molar-refractivity contribution in [2.75, 3.05) is 10.6 Å². The number of halogens is 3. The van der Waals surface area contributed by atoms with Crippen molar-refractivity contribution in [3.8, 4) is 0 Å². The minimum Gasteiger partial charge on any atom is -0.340 e. The second kappa shape index (κ2) is 8.51. The molecule has 0 fully saturated rings. The first-order valence-electron chi connectivity index (χ1n) is 9.43. The summed E-state index contributed by atoms with van der Waals surface area (Å²) in [4.78, 5) is 7.94. The van der Waals surface area contributed by atoms with Gasteiger partial charge in [0.15, 0.2) is 0 Å². The van der Waals surface area contributed by atoms with E-state index < -0.39 is 11.7 Å². The van der Waals surface area contributed by atoms with Crippen LogP contribution in [0.4, 0.5) is 36.3 Å². The predicted molar refractivity (Wildman–Crippen MR) is 110 cm³/mol. The van der Waals surface area contributed by atoms with Crippen LogP contribution in [0.15, 0.2) is 54.7 Å². The van der Waals surface area contributed by atoms with Crippen molar-refractivity contribution in [3.05, 3.63) is 71.4 Å². The molecule has 0 saturated heterocycles. The first-order valence-corrected chi connectivity index (χ1v) is 9.43. The number of benzene rings is 2. The van der Waals surface area contributed by atoms with E-state index >= 15 is 0 Å². The number of rotatable bonds is 6. The van der Waals surface area contributed by atoms with Gasteiger partial charge in [0.1, 0.15) is 11.4 Å². The van der Waals surface area contributed by atoms with E-state index in [2.05, 4.69) is 34.4 Å². The first kappa shape index (κ1) is 20.6. The van der Waals surface area contributed by atoms with Gasteiger partial charge < -0.3 is 10.6 Å². The molecule has 0 spiro atoms. The van der Waals surface area contributed by atoms with E-state index in [1.165, 1.54) is 5.56 Å². The number of hydrogen-bond acceptors (Lipinski definition) is 4. The second-order valence-corrected chi connectivity index (χ2v) is 7.03. The normalized spacial score (nSPS) is 11.6. The van der Waals surface area contributed by atoms with E-state index in [1.54, 1.807) is 18.2 Å². The van der Waals surface area contributed by atoms with Crippen LogP contribution in [0.5, 0.6) is 0 Å². The lowest BCUT2D eigenvalue weighted by molar-refractivity contribution is -0.137. The van der Waals surface area contributed by atoms with Gasteiger partial charge in [-0.05, 0) is 47.7 Å². The fourth-order valence-corrected chi connectivity index (χ4v) is 2.83. The van der Waals surface area contributed by atoms with Crippen LogP contribution < -0.4 is 10.6 Å². The van der Waals surface area contributed by atoms with Crippen molar-refractivity contribution in [3.63, 3.8) is 0 Å². The highest BCUT2D eigenvalue weighted by Crippen LogP contribution is 2.35. The molecule has 0 amide bonds. The maximum atomic E-state index is 13.4. The van der Waals surface area contributed by atoms with Crippen LogP contribution in [-0.2, 0) is 12.6 Å². The van der Waals surface area contributed by atoms with Gasteiger partial charge in [-0.1, -0.05) is 45.0 Å². The number of nitrogens with zero attached hydrogens (tertiary/aromatic N) is 2. The van der Waals surface area contributed by atoms with E-state index in [-0.39, 0.29) is 11.8 Å². The van der Waals surface area contributed by atoms with Crippen molar-refractivity contribution in [1.82, 2.24) is 9.97 Å². The molecule has 152 valence electrons. The number of nitrogens with one attached hydrogen (secondary N) is 2. The SMILES string of the molecule is CCc1cccc(Nc2nc(Nc3ccc(C(C)C)cc3)ncc2C(F)(F)F)c1. The Morgan fingerprint density at radius 3 is 2.31 bits per heavy atom. The highest BCUT2D eigenvalue weighted by molar-refractivity contribution is 5.63. The number of aryl methyl sites for hydroxylation is 1. The zero-order chi connectivity index (χ0) is 21.0. The van der Waals surface area contributed by atoms with Gasteiger partial charge in [0.2, 0.25) is 5.95 Å². The third kappa shape index (κ3) is 5.25. The molecule has 1 aromatic heterocycles. The molecule has 2 aromatic carbocycles. The van der Waals surface area contributed by atoms with E-state index in [1.807, 2.05) is 37.3 Å². The third-order valence-corrected chi connectivity index (χ3v) is 4.53. The second-order valence-electron chi connectivity index (χ2n) is 7.03. The number of aromatic nitrogens is 2. The number of anilines is 4. The van der Waals surface area contributed by atoms with Crippen LogP contribution in [0.3, 0.4) is 0 Å². The summed E-state index contributed by atoms with van der Waals surface area (Å²) in [6.45, 7) is 6.16. The van der Waals surface area contributed by atoms with Crippen molar-refractivity contribution in [2.45, 2.75) is 39.3 Å². The molecule has 3 rings (SSSR count). The summed E-state index contributed by atoms with van der Waals surface area (Å²) in [6.07, 6.45) is -2.99. The topological polar surface area (TPSA) is 49.8 Å². The molecule has 0 radical (unpaired) electrons. The summed E-state index contributed by atoms with van der Waals surface area (Å²) < 4.78 is 40.3. The van der Waals surface area contributed by atoms with Gasteiger partial charge >= 0.3 is 6.18 Å². The summed E-state index contributed by atoms with van der Waals surface area (Å²) in [7, 11) is 0. The van der Waals surface area contributed by atoms with Gasteiger partial charge in [0, 0.05) is 17.6 Å². The Morgan fingerprint density at radius 2 is 1.69 bits per heavy atom. The van der Waals surface area contributed by atoms with Crippen LogP contribution in [-0.4, -0.2) is 9.97 Å². The zero-order valence-corrected chi connectivity index (χ0v) is 16.5. The van der Waals surface area contributed by atoms with Gasteiger partial charge in [-0.15, -0.1) is 0 Å². The monoisotopic (exact) mass is 400 g/mol. The molecule has 29 heavy (non-hydrogen) atoms. The molecule has 0 bridgehead atoms. The van der Waals surface area contributed by atoms with Crippen molar-refractivity contribution < 1.29 is 13.2 Å². The van der Waals surface area contributed by atoms with E-state index in [0.717, 1.165) is 18.2 Å². The molecule has 0 unspecified atom stereocenters. The molecule has 0 aliphatic rings. The average Bonchev–Trinajstić information content (AvgIpc) is 2.68. The van der Waals surface area contributed by atoms with Crippen LogP contribution in [0.2, 0.25) is 0 Å². The van der Waals surface area contributed by atoms with E-state index in [9.17, 15) is 13.2 Å². The fraction of sp³-hybridized carbons (Fsp3) is 0.273. The molecule has 2 N–H and O–H groups in total. The summed E-state index contributed by atoms with van der Waals surface area (Å²) in [5.74, 6) is 0.188. The Balaban J connectivity index is 1.90. The smallest absolute Gasteiger partial charge is 0.340 e. The molecule has 4 nitrogen and oxygen atoms in total. The lowest BCUT2D eigenvalue weighted by atomic mass is 10.0. The van der Waals surface area contributed by atoms with Crippen LogP contribution in [0.25, 0.3) is 0 Å². The molecule has 0 aliphatic carbocycles. The van der Waals surface area contributed by atoms with Crippen LogP contribution >= 0.6 is 0 Å². The summed E-state index contributed by atoms with van der Waals surface area (Å²) in [6, 6.07) is 14.9. The highest BCUT2D eigenvalue weighted by atomic mass is 19.4. The van der Waals surface area contributed by atoms with Crippen molar-refractivity contribution in [1.29, 1.82) is 0 Å². The third-order valence-electron chi connectivity index (χ3n) is 4.53. The maximum absolute atomic E-state index is 13.4.